The minimum atomic E-state index is -1.26. The van der Waals surface area contributed by atoms with Gasteiger partial charge >= 0.3 is 29.8 Å². The fourth-order valence-corrected chi connectivity index (χ4v) is 8.05. The van der Waals surface area contributed by atoms with Crippen molar-refractivity contribution in [1.29, 1.82) is 0 Å². The van der Waals surface area contributed by atoms with Gasteiger partial charge in [-0.3, -0.25) is 14.6 Å². The Hall–Kier alpha value is -6.31. The van der Waals surface area contributed by atoms with Gasteiger partial charge in [-0.2, -0.15) is 0 Å². The molecule has 3 aromatic heterocycles. The number of hydrogen-bond donors (Lipinski definition) is 2. The van der Waals surface area contributed by atoms with E-state index in [1.54, 1.807) is 25.1 Å². The molecule has 2 aliphatic heterocycles. The van der Waals surface area contributed by atoms with E-state index in [1.165, 1.54) is 35.5 Å². The lowest BCUT2D eigenvalue weighted by molar-refractivity contribution is -0.149. The van der Waals surface area contributed by atoms with Crippen molar-refractivity contribution < 1.29 is 47.7 Å². The number of esters is 5. The number of aromatic amines is 2. The third kappa shape index (κ3) is 6.18. The lowest BCUT2D eigenvalue weighted by atomic mass is 9.64. The fourth-order valence-electron chi connectivity index (χ4n) is 8.05. The summed E-state index contributed by atoms with van der Waals surface area (Å²) in [6.07, 6.45) is 4.05. The molecule has 6 rings (SSSR count). The molecule has 0 unspecified atom stereocenters. The molecule has 0 saturated carbocycles. The lowest BCUT2D eigenvalue weighted by Gasteiger charge is -2.36. The SMILES string of the molecule is CCc1c(C)c2cc3nc(cc4[nH]c(c(CCC(=O)OC)c4C)c(C(=O)OC)c4nc(cc1[nH]2)C(C)=C4C(=O)OC)[C@@]1(C)C3=CC=C(C(=O)OC)[C@H]1C(=O)OC. The molecule has 0 saturated heterocycles. The van der Waals surface area contributed by atoms with Gasteiger partial charge in [-0.1, -0.05) is 19.1 Å². The van der Waals surface area contributed by atoms with Crippen LogP contribution in [0.4, 0.5) is 0 Å². The standard InChI is InChI=1S/C42H44N4O10/c1-11-22-19(2)26-17-30-25-14-12-24(38(48)53-7)35(41(51)56-10)42(25,5)31(44-30)18-28-20(3)23(13-15-32(47)52-6)36(45-28)34(40(50)55-9)37-33(39(49)54-8)21(4)27(46-37)16-29(22)43-26/h12,14,16-18,35,43,45H,11,13,15H2,1-10H3/t35-,42+/m0/s1. The second kappa shape index (κ2) is 15.1. The van der Waals surface area contributed by atoms with E-state index in [0.717, 1.165) is 22.2 Å². The maximum Gasteiger partial charge on any atom is 0.342 e. The van der Waals surface area contributed by atoms with Gasteiger partial charge in [0.2, 0.25) is 0 Å². The normalized spacial score (nSPS) is 17.4. The molecule has 5 heterocycles. The highest BCUT2D eigenvalue weighted by Gasteiger charge is 2.53. The van der Waals surface area contributed by atoms with Crippen molar-refractivity contribution in [1.82, 2.24) is 19.9 Å². The van der Waals surface area contributed by atoms with Crippen molar-refractivity contribution in [2.24, 2.45) is 5.92 Å². The van der Waals surface area contributed by atoms with E-state index in [1.807, 2.05) is 39.8 Å². The van der Waals surface area contributed by atoms with E-state index in [2.05, 4.69) is 9.97 Å². The monoisotopic (exact) mass is 764 g/mol. The molecule has 56 heavy (non-hydrogen) atoms. The Morgan fingerprint density at radius 2 is 1.38 bits per heavy atom. The predicted molar refractivity (Wildman–Crippen MR) is 207 cm³/mol. The van der Waals surface area contributed by atoms with Crippen LogP contribution in [0.2, 0.25) is 0 Å². The van der Waals surface area contributed by atoms with Gasteiger partial charge in [0.15, 0.2) is 0 Å². The Bertz CT molecular complexity index is 2500. The third-order valence-corrected chi connectivity index (χ3v) is 11.2. The molecular formula is C42H44N4O10. The van der Waals surface area contributed by atoms with E-state index < -0.39 is 41.2 Å². The zero-order valence-corrected chi connectivity index (χ0v) is 33.1. The van der Waals surface area contributed by atoms with Crippen LogP contribution < -0.4 is 0 Å². The first-order valence-electron chi connectivity index (χ1n) is 18.0. The number of carbonyl (C=O) groups is 5. The molecule has 14 nitrogen and oxygen atoms in total. The first-order chi connectivity index (χ1) is 26.7. The summed E-state index contributed by atoms with van der Waals surface area (Å²) in [5, 5.41) is 0. The molecular weight excluding hydrogens is 720 g/mol. The molecule has 1 aliphatic carbocycles. The van der Waals surface area contributed by atoms with Crippen LogP contribution in [0, 0.1) is 19.8 Å². The lowest BCUT2D eigenvalue weighted by Crippen LogP contribution is -2.42. The van der Waals surface area contributed by atoms with Crippen LogP contribution in [-0.2, 0) is 61.1 Å². The summed E-state index contributed by atoms with van der Waals surface area (Å²) in [4.78, 5) is 84.0. The molecule has 2 atom stereocenters. The Labute approximate surface area is 323 Å². The summed E-state index contributed by atoms with van der Waals surface area (Å²) in [6.45, 7) is 9.38. The molecule has 14 heteroatoms. The molecule has 3 aliphatic rings. The van der Waals surface area contributed by atoms with Crippen molar-refractivity contribution >= 4 is 68.6 Å². The van der Waals surface area contributed by atoms with Crippen molar-refractivity contribution in [3.63, 3.8) is 0 Å². The Kier molecular flexibility index (Phi) is 10.6. The van der Waals surface area contributed by atoms with Crippen LogP contribution in [0.1, 0.15) is 82.6 Å². The van der Waals surface area contributed by atoms with Crippen molar-refractivity contribution in [2.75, 3.05) is 35.5 Å². The number of allylic oxidation sites excluding steroid dienone is 4. The fraction of sp³-hybridized carbons (Fsp3) is 0.357. The highest BCUT2D eigenvalue weighted by atomic mass is 16.5. The van der Waals surface area contributed by atoms with Gasteiger partial charge in [0.25, 0.3) is 0 Å². The molecule has 0 radical (unpaired) electrons. The van der Waals surface area contributed by atoms with E-state index >= 15 is 0 Å². The van der Waals surface area contributed by atoms with Crippen LogP contribution in [0.15, 0.2) is 35.9 Å². The average molecular weight is 765 g/mol. The summed E-state index contributed by atoms with van der Waals surface area (Å²) >= 11 is 0. The zero-order chi connectivity index (χ0) is 40.8. The highest BCUT2D eigenvalue weighted by Crippen LogP contribution is 2.52. The maximum absolute atomic E-state index is 14.0. The summed E-state index contributed by atoms with van der Waals surface area (Å²) in [6, 6.07) is 5.48. The minimum Gasteiger partial charge on any atom is -0.469 e. The highest BCUT2D eigenvalue weighted by molar-refractivity contribution is 6.27. The maximum atomic E-state index is 14.0. The number of aromatic nitrogens is 4. The average Bonchev–Trinajstić information content (AvgIpc) is 3.87. The van der Waals surface area contributed by atoms with Crippen LogP contribution >= 0.6 is 0 Å². The number of aryl methyl sites for hydroxylation is 4. The van der Waals surface area contributed by atoms with Crippen LogP contribution in [0.25, 0.3) is 38.8 Å². The number of nitrogens with zero attached hydrogens (tertiary/aromatic N) is 2. The Morgan fingerprint density at radius 3 is 2.00 bits per heavy atom. The number of ether oxygens (including phenoxy) is 5. The van der Waals surface area contributed by atoms with Crippen LogP contribution in [-0.4, -0.2) is 85.3 Å². The number of rotatable bonds is 8. The number of nitrogens with one attached hydrogen (secondary N) is 2. The van der Waals surface area contributed by atoms with Gasteiger partial charge in [-0.25, -0.2) is 19.4 Å². The quantitative estimate of drug-likeness (QED) is 0.210. The molecule has 0 amide bonds. The summed E-state index contributed by atoms with van der Waals surface area (Å²) in [5.41, 5.74) is 6.61. The van der Waals surface area contributed by atoms with Crippen molar-refractivity contribution in [2.45, 2.75) is 59.3 Å². The van der Waals surface area contributed by atoms with Gasteiger partial charge in [0.1, 0.15) is 11.5 Å². The number of methoxy groups -OCH3 is 5. The summed E-state index contributed by atoms with van der Waals surface area (Å²) in [5.74, 6) is -4.52. The minimum absolute atomic E-state index is 0.0247. The molecule has 3 aromatic rings. The van der Waals surface area contributed by atoms with Gasteiger partial charge < -0.3 is 33.7 Å². The largest absolute Gasteiger partial charge is 0.469 e. The van der Waals surface area contributed by atoms with E-state index in [-0.39, 0.29) is 40.8 Å². The van der Waals surface area contributed by atoms with Crippen molar-refractivity contribution in [3.8, 4) is 0 Å². The number of fused-ring (bicyclic) bond motifs is 11. The number of H-pyrrole nitrogens is 2. The van der Waals surface area contributed by atoms with E-state index in [4.69, 9.17) is 33.7 Å². The molecule has 2 N–H and O–H groups in total. The molecule has 0 aromatic carbocycles. The third-order valence-electron chi connectivity index (χ3n) is 11.2. The van der Waals surface area contributed by atoms with Crippen molar-refractivity contribution in [3.05, 3.63) is 86.5 Å². The number of hydrogen-bond acceptors (Lipinski definition) is 12. The molecule has 0 spiro atoms. The molecule has 292 valence electrons. The molecule has 8 bridgehead atoms. The van der Waals surface area contributed by atoms with Gasteiger partial charge in [0, 0.05) is 23.0 Å². The first kappa shape index (κ1) is 39.4. The second-order valence-corrected chi connectivity index (χ2v) is 13.9. The van der Waals surface area contributed by atoms with Gasteiger partial charge in [-0.05, 0) is 92.1 Å². The Balaban J connectivity index is 1.89. The van der Waals surface area contributed by atoms with E-state index in [0.29, 0.717) is 51.3 Å². The zero-order valence-electron chi connectivity index (χ0n) is 33.1. The first-order valence-corrected chi connectivity index (χ1v) is 18.0. The van der Waals surface area contributed by atoms with Crippen LogP contribution in [0.5, 0.6) is 0 Å². The summed E-state index contributed by atoms with van der Waals surface area (Å²) in [7, 11) is 6.26. The van der Waals surface area contributed by atoms with Gasteiger partial charge in [-0.15, -0.1) is 0 Å². The predicted octanol–water partition coefficient (Wildman–Crippen LogP) is 5.73. The number of carbonyl (C=O) groups excluding carboxylic acids is 5. The summed E-state index contributed by atoms with van der Waals surface area (Å²) < 4.78 is 26.0. The molecule has 0 fully saturated rings. The topological polar surface area (TPSA) is 189 Å². The van der Waals surface area contributed by atoms with Gasteiger partial charge in [0.05, 0.1) is 80.4 Å². The second-order valence-electron chi connectivity index (χ2n) is 13.9. The Morgan fingerprint density at radius 1 is 0.732 bits per heavy atom. The smallest absolute Gasteiger partial charge is 0.342 e. The van der Waals surface area contributed by atoms with Crippen LogP contribution in [0.3, 0.4) is 0 Å². The van der Waals surface area contributed by atoms with E-state index in [9.17, 15) is 24.0 Å².